The zero-order chi connectivity index (χ0) is 26.7. The summed E-state index contributed by atoms with van der Waals surface area (Å²) in [5.41, 5.74) is 0.338. The monoisotopic (exact) mass is 518 g/mol. The Morgan fingerprint density at radius 3 is 2.47 bits per heavy atom. The zero-order valence-electron chi connectivity index (χ0n) is 22.6. The fraction of sp³-hybridized carbons (Fsp3) is 0.452. The molecule has 1 saturated heterocycles. The molecule has 7 nitrogen and oxygen atoms in total. The second kappa shape index (κ2) is 11.3. The molecule has 2 aliphatic rings. The van der Waals surface area contributed by atoms with E-state index in [0.29, 0.717) is 30.6 Å². The molecule has 0 spiro atoms. The number of hydrogen-bond acceptors (Lipinski definition) is 7. The van der Waals surface area contributed by atoms with E-state index in [1.807, 2.05) is 36.4 Å². The largest absolute Gasteiger partial charge is 0.497 e. The smallest absolute Gasteiger partial charge is 0.342 e. The molecule has 1 heterocycles. The molecule has 1 aliphatic carbocycles. The van der Waals surface area contributed by atoms with Gasteiger partial charge in [0.2, 0.25) is 0 Å². The number of aliphatic hydroxyl groups is 1. The zero-order valence-corrected chi connectivity index (χ0v) is 22.6. The van der Waals surface area contributed by atoms with Gasteiger partial charge in [-0.15, -0.1) is 0 Å². The van der Waals surface area contributed by atoms with E-state index in [4.69, 9.17) is 14.2 Å². The standard InChI is InChI=1S/C31H38N2O5/c1-32-14-16-33(17-15-32)21-25-20-27(38-30(34)28-6-4-5-7-29(28)37-3)12-13-31(25,35)24-10-8-23-19-26(36-2)11-9-22(23)18-24/h4-11,18-19,25,27,35H,12-17,20-21H2,1-3H3. The van der Waals surface area contributed by atoms with E-state index in [1.54, 1.807) is 26.4 Å². The minimum atomic E-state index is -1.01. The number of esters is 1. The minimum Gasteiger partial charge on any atom is -0.497 e. The summed E-state index contributed by atoms with van der Waals surface area (Å²) in [5.74, 6) is 0.864. The van der Waals surface area contributed by atoms with Crippen LogP contribution in [0.5, 0.6) is 11.5 Å². The lowest BCUT2D eigenvalue weighted by molar-refractivity contribution is -0.100. The number of nitrogens with zero attached hydrogens (tertiary/aromatic N) is 2. The molecule has 3 aromatic rings. The van der Waals surface area contributed by atoms with Crippen LogP contribution in [0, 0.1) is 5.92 Å². The Labute approximate surface area is 224 Å². The highest BCUT2D eigenvalue weighted by atomic mass is 16.5. The van der Waals surface area contributed by atoms with Crippen molar-refractivity contribution in [2.24, 2.45) is 5.92 Å². The Morgan fingerprint density at radius 2 is 1.71 bits per heavy atom. The van der Waals surface area contributed by atoms with Crippen LogP contribution in [-0.4, -0.2) is 81.0 Å². The number of benzene rings is 3. The maximum absolute atomic E-state index is 13.1. The highest BCUT2D eigenvalue weighted by Gasteiger charge is 2.45. The molecule has 0 radical (unpaired) electrons. The molecule has 1 aliphatic heterocycles. The third kappa shape index (κ3) is 5.51. The van der Waals surface area contributed by atoms with Crippen molar-refractivity contribution in [1.29, 1.82) is 0 Å². The molecule has 5 rings (SSSR count). The normalized spacial score (nSPS) is 24.7. The van der Waals surface area contributed by atoms with Crippen LogP contribution < -0.4 is 9.47 Å². The van der Waals surface area contributed by atoms with Crippen molar-refractivity contribution < 1.29 is 24.1 Å². The SMILES string of the molecule is COc1ccc2cc(C3(O)CCC(OC(=O)c4ccccc4OC)CC3CN3CCN(C)CC3)ccc2c1. The van der Waals surface area contributed by atoms with Crippen molar-refractivity contribution in [3.05, 3.63) is 71.8 Å². The van der Waals surface area contributed by atoms with Crippen LogP contribution in [0.3, 0.4) is 0 Å². The molecule has 7 heteroatoms. The van der Waals surface area contributed by atoms with E-state index in [0.717, 1.165) is 54.8 Å². The van der Waals surface area contributed by atoms with Crippen molar-refractivity contribution in [2.75, 3.05) is 54.0 Å². The van der Waals surface area contributed by atoms with Gasteiger partial charge in [0, 0.05) is 38.6 Å². The van der Waals surface area contributed by atoms with Gasteiger partial charge in [0.1, 0.15) is 23.2 Å². The predicted molar refractivity (Wildman–Crippen MR) is 148 cm³/mol. The maximum Gasteiger partial charge on any atom is 0.342 e. The van der Waals surface area contributed by atoms with Gasteiger partial charge in [0.25, 0.3) is 0 Å². The van der Waals surface area contributed by atoms with E-state index in [1.165, 1.54) is 0 Å². The molecular weight excluding hydrogens is 480 g/mol. The summed E-state index contributed by atoms with van der Waals surface area (Å²) >= 11 is 0. The van der Waals surface area contributed by atoms with Crippen LogP contribution in [-0.2, 0) is 10.3 Å². The van der Waals surface area contributed by atoms with Gasteiger partial charge in [-0.05, 0) is 73.0 Å². The quantitative estimate of drug-likeness (QED) is 0.467. The Bertz CT molecular complexity index is 1270. The Kier molecular flexibility index (Phi) is 7.88. The number of rotatable bonds is 7. The molecule has 0 bridgehead atoms. The molecule has 0 amide bonds. The Balaban J connectivity index is 1.40. The summed E-state index contributed by atoms with van der Waals surface area (Å²) in [6.45, 7) is 4.70. The van der Waals surface area contributed by atoms with E-state index in [-0.39, 0.29) is 18.0 Å². The average Bonchev–Trinajstić information content (AvgIpc) is 2.95. The molecule has 38 heavy (non-hydrogen) atoms. The third-order valence-electron chi connectivity index (χ3n) is 8.29. The number of likely N-dealkylation sites (N-methyl/N-ethyl adjacent to an activating group) is 1. The summed E-state index contributed by atoms with van der Waals surface area (Å²) in [6.07, 6.45) is 1.45. The number of carbonyl (C=O) groups is 1. The molecule has 0 aromatic heterocycles. The Morgan fingerprint density at radius 1 is 0.974 bits per heavy atom. The molecule has 3 aromatic carbocycles. The second-order valence-corrected chi connectivity index (χ2v) is 10.7. The average molecular weight is 519 g/mol. The molecule has 2 fully saturated rings. The van der Waals surface area contributed by atoms with Gasteiger partial charge in [-0.3, -0.25) is 0 Å². The van der Waals surface area contributed by atoms with Gasteiger partial charge in [-0.1, -0.05) is 30.3 Å². The van der Waals surface area contributed by atoms with E-state index >= 15 is 0 Å². The minimum absolute atomic E-state index is 0.0779. The van der Waals surface area contributed by atoms with E-state index < -0.39 is 5.60 Å². The first-order valence-electron chi connectivity index (χ1n) is 13.4. The molecular formula is C31H38N2O5. The highest BCUT2D eigenvalue weighted by molar-refractivity contribution is 5.92. The summed E-state index contributed by atoms with van der Waals surface area (Å²) in [6, 6.07) is 19.3. The predicted octanol–water partition coefficient (Wildman–Crippen LogP) is 4.32. The number of ether oxygens (including phenoxy) is 3. The summed E-state index contributed by atoms with van der Waals surface area (Å²) in [5, 5.41) is 14.4. The first-order valence-corrected chi connectivity index (χ1v) is 13.4. The van der Waals surface area contributed by atoms with E-state index in [9.17, 15) is 9.90 Å². The number of piperazine rings is 1. The van der Waals surface area contributed by atoms with Crippen LogP contribution in [0.1, 0.15) is 35.2 Å². The number of carbonyl (C=O) groups excluding carboxylic acids is 1. The fourth-order valence-corrected chi connectivity index (χ4v) is 5.92. The first kappa shape index (κ1) is 26.5. The van der Waals surface area contributed by atoms with Crippen molar-refractivity contribution >= 4 is 16.7 Å². The third-order valence-corrected chi connectivity index (χ3v) is 8.29. The summed E-state index contributed by atoms with van der Waals surface area (Å²) in [7, 11) is 5.37. The van der Waals surface area contributed by atoms with Crippen LogP contribution in [0.25, 0.3) is 10.8 Å². The van der Waals surface area contributed by atoms with Crippen LogP contribution in [0.15, 0.2) is 60.7 Å². The van der Waals surface area contributed by atoms with Gasteiger partial charge in [-0.2, -0.15) is 0 Å². The molecule has 3 unspecified atom stereocenters. The van der Waals surface area contributed by atoms with Crippen molar-refractivity contribution in [3.63, 3.8) is 0 Å². The molecule has 1 saturated carbocycles. The van der Waals surface area contributed by atoms with Crippen LogP contribution in [0.2, 0.25) is 0 Å². The van der Waals surface area contributed by atoms with Crippen molar-refractivity contribution in [1.82, 2.24) is 9.80 Å². The Hall–Kier alpha value is -3.13. The fourth-order valence-electron chi connectivity index (χ4n) is 5.92. The van der Waals surface area contributed by atoms with Gasteiger partial charge in [0.15, 0.2) is 0 Å². The number of hydrogen-bond donors (Lipinski definition) is 1. The summed E-state index contributed by atoms with van der Waals surface area (Å²) in [4.78, 5) is 17.8. The molecule has 3 atom stereocenters. The van der Waals surface area contributed by atoms with Crippen LogP contribution >= 0.6 is 0 Å². The highest BCUT2D eigenvalue weighted by Crippen LogP contribution is 2.44. The lowest BCUT2D eigenvalue weighted by Gasteiger charge is -2.46. The first-order chi connectivity index (χ1) is 18.4. The van der Waals surface area contributed by atoms with Crippen molar-refractivity contribution in [2.45, 2.75) is 31.0 Å². The number of fused-ring (bicyclic) bond motifs is 1. The van der Waals surface area contributed by atoms with Crippen molar-refractivity contribution in [3.8, 4) is 11.5 Å². The maximum atomic E-state index is 13.1. The van der Waals surface area contributed by atoms with E-state index in [2.05, 4.69) is 29.0 Å². The lowest BCUT2D eigenvalue weighted by Crippen LogP contribution is -2.52. The van der Waals surface area contributed by atoms with Crippen LogP contribution in [0.4, 0.5) is 0 Å². The molecule has 1 N–H and O–H groups in total. The topological polar surface area (TPSA) is 71.5 Å². The van der Waals surface area contributed by atoms with Gasteiger partial charge < -0.3 is 29.1 Å². The van der Waals surface area contributed by atoms with Gasteiger partial charge in [-0.25, -0.2) is 4.79 Å². The lowest BCUT2D eigenvalue weighted by atomic mass is 9.70. The number of methoxy groups -OCH3 is 2. The molecule has 202 valence electrons. The second-order valence-electron chi connectivity index (χ2n) is 10.7. The van der Waals surface area contributed by atoms with Gasteiger partial charge >= 0.3 is 5.97 Å². The van der Waals surface area contributed by atoms with Gasteiger partial charge in [0.05, 0.1) is 19.8 Å². The summed E-state index contributed by atoms with van der Waals surface area (Å²) < 4.78 is 16.8. The number of para-hydroxylation sites is 1.